The highest BCUT2D eigenvalue weighted by molar-refractivity contribution is 6.07. The normalized spacial score (nSPS) is 18.3. The SMILES string of the molecule is [C-]#[N+]c1c[nH]c(C(=O)Nc2ccc(C(C)(C)OCCN3CCCC3)cc2C2=CCC(C)(C)CC2)c1.[C-]#[N+]c1cnc(C(=O)Nc2ccc(C(C)(C)N3CCN(C(C)=O)CC3)cc2C2=CCC(C)(C)CC2)[nH]1.[C-]#[N+]c1cnc(C(=O)Nc2ccc(C(C)(C)OCCN3CCCC3)cc2C2=CCC(C)(C)CC2)[nH]1.[C-]#[N+]c1cnc(C(=O)Nc2ccc(C(C)(C)OCCN3CCOCC3)cc2C2=CCC(C)(C)CC2)[nH]1. The third-order valence-electron chi connectivity index (χ3n) is 29.5. The van der Waals surface area contributed by atoms with Gasteiger partial charge < -0.3 is 74.4 Å². The van der Waals surface area contributed by atoms with E-state index in [2.05, 4.69) is 267 Å². The zero-order chi connectivity index (χ0) is 102. The fourth-order valence-corrected chi connectivity index (χ4v) is 19.4. The minimum absolute atomic E-state index is 0.124. The van der Waals surface area contributed by atoms with Gasteiger partial charge in [0.1, 0.15) is 0 Å². The largest absolute Gasteiger partial charge is 0.379 e. The van der Waals surface area contributed by atoms with Crippen molar-refractivity contribution in [1.82, 2.24) is 59.4 Å². The number of anilines is 4. The molecule has 16 rings (SSSR count). The smallest absolute Gasteiger partial charge is 0.314 e. The van der Waals surface area contributed by atoms with Crippen LogP contribution in [0, 0.1) is 47.9 Å². The predicted molar refractivity (Wildman–Crippen MR) is 564 cm³/mol. The number of carbonyl (C=O) groups is 5. The number of carbonyl (C=O) groups excluding carboxylic acids is 5. The molecule has 0 spiro atoms. The summed E-state index contributed by atoms with van der Waals surface area (Å²) in [5.41, 5.74) is 16.9. The topological polar surface area (TPSA) is 306 Å². The monoisotopic (exact) mass is 1930 g/mol. The first kappa shape index (κ1) is 107. The van der Waals surface area contributed by atoms with E-state index in [-0.39, 0.29) is 86.2 Å². The third kappa shape index (κ3) is 28.8. The molecule has 4 aromatic heterocycles. The van der Waals surface area contributed by atoms with Crippen LogP contribution in [0.25, 0.3) is 41.7 Å². The van der Waals surface area contributed by atoms with E-state index in [1.54, 1.807) is 19.2 Å². The molecule has 4 aromatic carbocycles. The number of morpholine rings is 1. The lowest BCUT2D eigenvalue weighted by molar-refractivity contribution is -0.131. The van der Waals surface area contributed by atoms with Gasteiger partial charge in [0.05, 0.1) is 80.7 Å². The van der Waals surface area contributed by atoms with Gasteiger partial charge in [0.25, 0.3) is 23.4 Å². The molecule has 4 aliphatic heterocycles. The maximum Gasteiger partial charge on any atom is 0.314 e. The van der Waals surface area contributed by atoms with Gasteiger partial charge in [-0.05, 0) is 305 Å². The van der Waals surface area contributed by atoms with Crippen LogP contribution in [0.3, 0.4) is 0 Å². The number of ether oxygens (including phenoxy) is 4. The van der Waals surface area contributed by atoms with Gasteiger partial charge in [-0.15, -0.1) is 0 Å². The Morgan fingerprint density at radius 2 is 0.718 bits per heavy atom. The highest BCUT2D eigenvalue weighted by Gasteiger charge is 2.37. The van der Waals surface area contributed by atoms with Gasteiger partial charge in [0.2, 0.25) is 29.0 Å². The summed E-state index contributed by atoms with van der Waals surface area (Å²) in [5.74, 6) is -0.0952. The molecule has 4 aliphatic carbocycles. The average molecular weight is 1930 g/mol. The Balaban J connectivity index is 0.000000159. The number of H-pyrrole nitrogens is 4. The molecule has 0 saturated carbocycles. The van der Waals surface area contributed by atoms with E-state index in [4.69, 9.17) is 45.2 Å². The van der Waals surface area contributed by atoms with E-state index >= 15 is 0 Å². The average Bonchev–Trinajstić information content (AvgIpc) is 1.33. The molecule has 8 N–H and O–H groups in total. The molecule has 5 amide bonds. The number of imidazole rings is 3. The molecule has 8 aromatic rings. The van der Waals surface area contributed by atoms with Gasteiger partial charge in [0.15, 0.2) is 0 Å². The van der Waals surface area contributed by atoms with Crippen LogP contribution in [-0.2, 0) is 46.1 Å². The fraction of sp³-hybridized carbons (Fsp3) is 0.522. The van der Waals surface area contributed by atoms with Crippen LogP contribution in [0.4, 0.5) is 45.9 Å². The highest BCUT2D eigenvalue weighted by Crippen LogP contribution is 2.48. The number of amides is 5. The molecule has 8 heterocycles. The van der Waals surface area contributed by atoms with Crippen molar-refractivity contribution in [3.05, 3.63) is 241 Å². The summed E-state index contributed by atoms with van der Waals surface area (Å²) in [7, 11) is 0. The Kier molecular flexibility index (Phi) is 35.3. The van der Waals surface area contributed by atoms with E-state index in [9.17, 15) is 24.0 Å². The first-order valence-corrected chi connectivity index (χ1v) is 50.6. The maximum absolute atomic E-state index is 12.9. The number of likely N-dealkylation sites (tertiary alicyclic amines) is 2. The second kappa shape index (κ2) is 46.9. The molecule has 8 aliphatic rings. The Labute approximate surface area is 840 Å². The number of aromatic nitrogens is 7. The van der Waals surface area contributed by atoms with Crippen molar-refractivity contribution in [2.24, 2.45) is 21.7 Å². The second-order valence-corrected chi connectivity index (χ2v) is 44.0. The second-order valence-electron chi connectivity index (χ2n) is 44.0. The summed E-state index contributed by atoms with van der Waals surface area (Å²) < 4.78 is 24.5. The Morgan fingerprint density at radius 1 is 0.408 bits per heavy atom. The van der Waals surface area contributed by atoms with Crippen LogP contribution in [-0.4, -0.2) is 207 Å². The summed E-state index contributed by atoms with van der Waals surface area (Å²) in [4.78, 5) is 112. The number of hydrogen-bond acceptors (Lipinski definition) is 16. The summed E-state index contributed by atoms with van der Waals surface area (Å²) in [5, 5.41) is 12.1. The molecule has 754 valence electrons. The molecule has 29 nitrogen and oxygen atoms in total. The molecule has 0 unspecified atom stereocenters. The summed E-state index contributed by atoms with van der Waals surface area (Å²) in [6, 6.07) is 26.4. The van der Waals surface area contributed by atoms with Crippen LogP contribution in [0.5, 0.6) is 0 Å². The first-order valence-electron chi connectivity index (χ1n) is 50.6. The van der Waals surface area contributed by atoms with Gasteiger partial charge in [-0.1, -0.05) is 124 Å². The number of piperazine rings is 1. The predicted octanol–water partition coefficient (Wildman–Crippen LogP) is 23.5. The molecule has 0 radical (unpaired) electrons. The molecule has 29 heteroatoms. The summed E-state index contributed by atoms with van der Waals surface area (Å²) >= 11 is 0. The lowest BCUT2D eigenvalue weighted by Crippen LogP contribution is -2.54. The van der Waals surface area contributed by atoms with Crippen molar-refractivity contribution in [3.63, 3.8) is 0 Å². The van der Waals surface area contributed by atoms with Crippen LogP contribution >= 0.6 is 0 Å². The van der Waals surface area contributed by atoms with Crippen molar-refractivity contribution in [3.8, 4) is 0 Å². The van der Waals surface area contributed by atoms with Crippen molar-refractivity contribution in [1.29, 1.82) is 0 Å². The minimum Gasteiger partial charge on any atom is -0.379 e. The standard InChI is InChI=1S/C29H38N4O2.C28H36N6O2.C28H37N5O3.C28H37N5O2/c1-28(2)12-10-21(11-13-28)24-18-22(29(3,4)35-17-16-33-14-6-7-15-33)8-9-25(24)32-27(34)26-19-23(30-5)20-31-26;1-19(35)33-13-15-34(16-14-33)28(4,5)21-7-8-23(31-26(36)25-30-18-24(29-6)32-25)22(17-21)20-9-11-27(2,3)12-10-20;1-27(2)10-8-20(9-11-27)22-18-21(28(3,4)36-17-14-33-12-15-35-16-13-33)6-7-23(22)31-26(34)25-30-19-24(29-5)32-25;1-27(2)12-10-20(11-13-27)22-18-21(28(3,4)35-17-16-33-14-6-7-15-33)8-9-23(22)31-26(34)25-30-19-24(29-5)32-25/h8-10,18-20,31H,6-7,11-17H2,1-4H3,(H,32,34);7-9,17-18H,10-16H2,1-5H3,(H,30,32)(H,31,36);6-8,18-19H,9-17H2,1-4H3,(H,30,32)(H,31,34);8-10,18-19H,6-7,11-17H2,1-4H3,(H,30,32)(H,31,34). The number of benzene rings is 4. The number of nitrogens with one attached hydrogen (secondary N) is 8. The van der Waals surface area contributed by atoms with Gasteiger partial charge in [0, 0.05) is 123 Å². The zero-order valence-electron chi connectivity index (χ0n) is 86.7. The van der Waals surface area contributed by atoms with Crippen molar-refractivity contribution < 1.29 is 42.9 Å². The molecule has 4 saturated heterocycles. The van der Waals surface area contributed by atoms with E-state index in [0.717, 1.165) is 211 Å². The molecule has 0 bridgehead atoms. The maximum atomic E-state index is 12.9. The van der Waals surface area contributed by atoms with Crippen LogP contribution in [0.1, 0.15) is 307 Å². The Morgan fingerprint density at radius 3 is 1.01 bits per heavy atom. The lowest BCUT2D eigenvalue weighted by Gasteiger charge is -2.44. The van der Waals surface area contributed by atoms with Gasteiger partial charge in [-0.3, -0.25) is 48.7 Å². The fourth-order valence-electron chi connectivity index (χ4n) is 19.4. The number of rotatable bonds is 29. The number of aromatic amines is 4. The molecule has 142 heavy (non-hydrogen) atoms. The highest BCUT2D eigenvalue weighted by atomic mass is 16.5. The zero-order valence-corrected chi connectivity index (χ0v) is 86.7. The summed E-state index contributed by atoms with van der Waals surface area (Å²) in [6.07, 6.45) is 32.2. The number of allylic oxidation sites excluding steroid dienone is 8. The quantitative estimate of drug-likeness (QED) is 0.0202. The van der Waals surface area contributed by atoms with Crippen LogP contribution < -0.4 is 21.3 Å². The van der Waals surface area contributed by atoms with Gasteiger partial charge in [-0.2, -0.15) is 0 Å². The van der Waals surface area contributed by atoms with Crippen molar-refractivity contribution in [2.75, 3.05) is 139 Å². The van der Waals surface area contributed by atoms with Crippen LogP contribution in [0.15, 0.2) is 128 Å². The van der Waals surface area contributed by atoms with Crippen LogP contribution in [0.2, 0.25) is 0 Å². The Bertz CT molecular complexity index is 5930. The third-order valence-corrected chi connectivity index (χ3v) is 29.5. The summed E-state index contributed by atoms with van der Waals surface area (Å²) in [6.45, 7) is 81.6. The lowest BCUT2D eigenvalue weighted by atomic mass is 9.76. The molecular formula is C113H148N20O9. The van der Waals surface area contributed by atoms with E-state index in [1.807, 2.05) is 41.3 Å². The van der Waals surface area contributed by atoms with E-state index < -0.39 is 16.8 Å². The van der Waals surface area contributed by atoms with E-state index in [0.29, 0.717) is 36.6 Å². The van der Waals surface area contributed by atoms with Gasteiger partial charge in [-0.25, -0.2) is 19.8 Å². The van der Waals surface area contributed by atoms with Gasteiger partial charge >= 0.3 is 17.7 Å². The molecular weight excluding hydrogens is 1780 g/mol. The van der Waals surface area contributed by atoms with Crippen molar-refractivity contribution in [2.45, 2.75) is 243 Å². The minimum atomic E-state index is -0.483. The first-order chi connectivity index (χ1) is 67.5. The molecule has 0 atom stereocenters. The Hall–Kier alpha value is -12.3. The molecule has 4 fully saturated rings. The number of hydrogen-bond donors (Lipinski definition) is 8. The van der Waals surface area contributed by atoms with Crippen molar-refractivity contribution >= 4 is 97.7 Å². The van der Waals surface area contributed by atoms with E-state index in [1.165, 1.54) is 98.3 Å². The number of nitrogens with zero attached hydrogens (tertiary/aromatic N) is 12.